The molecule has 2 N–H and O–H groups in total. The molecule has 0 spiro atoms. The number of hydrogen-bond acceptors (Lipinski definition) is 3. The van der Waals surface area contributed by atoms with Crippen molar-refractivity contribution in [1.82, 2.24) is 15.6 Å². The van der Waals surface area contributed by atoms with Crippen molar-refractivity contribution in [2.24, 2.45) is 4.99 Å². The van der Waals surface area contributed by atoms with E-state index in [1.165, 1.54) is 31.5 Å². The van der Waals surface area contributed by atoms with Gasteiger partial charge in [0.1, 0.15) is 0 Å². The van der Waals surface area contributed by atoms with Crippen molar-refractivity contribution in [2.45, 2.75) is 45.3 Å². The topological polar surface area (TPSA) is 58.5 Å². The quantitative estimate of drug-likeness (QED) is 0.247. The maximum atomic E-state index is 12.1. The molecule has 0 unspecified atom stereocenters. The smallest absolute Gasteiger partial charge is 0.422 e. The highest BCUT2D eigenvalue weighted by molar-refractivity contribution is 14.0. The SMILES string of the molecule is CCCCCCNC(=NC)NCc1ccc(OCC(F)(F)F)nc1.I. The summed E-state index contributed by atoms with van der Waals surface area (Å²) in [5.74, 6) is 0.637. The Kier molecular flexibility index (Phi) is 12.4. The number of rotatable bonds is 9. The van der Waals surface area contributed by atoms with E-state index in [1.54, 1.807) is 13.1 Å². The molecule has 0 aromatic carbocycles. The highest BCUT2D eigenvalue weighted by Gasteiger charge is 2.28. The van der Waals surface area contributed by atoms with E-state index in [2.05, 4.69) is 32.3 Å². The number of nitrogens with zero attached hydrogens (tertiary/aromatic N) is 2. The Labute approximate surface area is 163 Å². The first-order valence-corrected chi connectivity index (χ1v) is 8.03. The molecule has 0 atom stereocenters. The van der Waals surface area contributed by atoms with E-state index in [4.69, 9.17) is 0 Å². The normalized spacial score (nSPS) is 11.6. The van der Waals surface area contributed by atoms with E-state index in [-0.39, 0.29) is 29.9 Å². The summed E-state index contributed by atoms with van der Waals surface area (Å²) in [6, 6.07) is 3.09. The lowest BCUT2D eigenvalue weighted by atomic mass is 10.2. The van der Waals surface area contributed by atoms with Crippen molar-refractivity contribution >= 4 is 29.9 Å². The standard InChI is InChI=1S/C16H25F3N4O.HI/c1-3-4-5-6-9-21-15(20-2)23-11-13-7-8-14(22-10-13)24-12-16(17,18)19;/h7-8,10H,3-6,9,11-12H2,1-2H3,(H2,20,21,23);1H. The fraction of sp³-hybridized carbons (Fsp3) is 0.625. The maximum absolute atomic E-state index is 12.1. The largest absolute Gasteiger partial charge is 0.468 e. The van der Waals surface area contributed by atoms with Crippen molar-refractivity contribution in [3.63, 3.8) is 0 Å². The molecular formula is C16H26F3IN4O. The van der Waals surface area contributed by atoms with Gasteiger partial charge in [0, 0.05) is 32.4 Å². The molecule has 9 heteroatoms. The molecule has 0 aliphatic carbocycles. The van der Waals surface area contributed by atoms with Crippen LogP contribution in [-0.4, -0.2) is 37.3 Å². The molecule has 0 aliphatic rings. The van der Waals surface area contributed by atoms with Crippen LogP contribution in [0.4, 0.5) is 13.2 Å². The van der Waals surface area contributed by atoms with Gasteiger partial charge in [0.25, 0.3) is 0 Å². The van der Waals surface area contributed by atoms with Crippen molar-refractivity contribution in [2.75, 3.05) is 20.2 Å². The number of ether oxygens (including phenoxy) is 1. The van der Waals surface area contributed by atoms with Crippen LogP contribution in [0.2, 0.25) is 0 Å². The van der Waals surface area contributed by atoms with Gasteiger partial charge in [-0.15, -0.1) is 24.0 Å². The van der Waals surface area contributed by atoms with Crippen molar-refractivity contribution < 1.29 is 17.9 Å². The van der Waals surface area contributed by atoms with Crippen molar-refractivity contribution in [3.05, 3.63) is 23.9 Å². The Morgan fingerprint density at radius 3 is 2.52 bits per heavy atom. The van der Waals surface area contributed by atoms with Crippen molar-refractivity contribution in [1.29, 1.82) is 0 Å². The first-order chi connectivity index (χ1) is 11.4. The molecule has 0 fully saturated rings. The summed E-state index contributed by atoms with van der Waals surface area (Å²) in [7, 11) is 1.69. The average Bonchev–Trinajstić information content (AvgIpc) is 2.56. The van der Waals surface area contributed by atoms with Crippen LogP contribution in [0.1, 0.15) is 38.2 Å². The number of alkyl halides is 3. The van der Waals surface area contributed by atoms with Gasteiger partial charge in [-0.3, -0.25) is 4.99 Å². The third kappa shape index (κ3) is 11.8. The Morgan fingerprint density at radius 1 is 1.20 bits per heavy atom. The first kappa shape index (κ1) is 23.7. The van der Waals surface area contributed by atoms with Crippen LogP contribution in [0, 0.1) is 0 Å². The van der Waals surface area contributed by atoms with E-state index in [0.29, 0.717) is 12.5 Å². The van der Waals surface area contributed by atoms with E-state index in [9.17, 15) is 13.2 Å². The van der Waals surface area contributed by atoms with E-state index in [0.717, 1.165) is 18.5 Å². The van der Waals surface area contributed by atoms with Gasteiger partial charge in [-0.1, -0.05) is 32.3 Å². The fourth-order valence-electron chi connectivity index (χ4n) is 1.92. The Bertz CT molecular complexity index is 495. The lowest BCUT2D eigenvalue weighted by Gasteiger charge is -2.12. The molecule has 1 aromatic heterocycles. The summed E-state index contributed by atoms with van der Waals surface area (Å²) in [5, 5.41) is 6.35. The molecule has 0 saturated carbocycles. The molecule has 0 amide bonds. The lowest BCUT2D eigenvalue weighted by molar-refractivity contribution is -0.154. The monoisotopic (exact) mass is 474 g/mol. The number of unbranched alkanes of at least 4 members (excludes halogenated alkanes) is 3. The number of guanidine groups is 1. The molecule has 0 radical (unpaired) electrons. The summed E-state index contributed by atoms with van der Waals surface area (Å²) >= 11 is 0. The van der Waals surface area contributed by atoms with Gasteiger partial charge >= 0.3 is 6.18 Å². The second-order valence-corrected chi connectivity index (χ2v) is 5.32. The molecule has 0 saturated heterocycles. The summed E-state index contributed by atoms with van der Waals surface area (Å²) in [6.45, 7) is 2.15. The molecule has 144 valence electrons. The lowest BCUT2D eigenvalue weighted by Crippen LogP contribution is -2.37. The van der Waals surface area contributed by atoms with E-state index < -0.39 is 12.8 Å². The molecular weight excluding hydrogens is 448 g/mol. The van der Waals surface area contributed by atoms with Crippen molar-refractivity contribution in [3.8, 4) is 5.88 Å². The maximum Gasteiger partial charge on any atom is 0.422 e. The fourth-order valence-corrected chi connectivity index (χ4v) is 1.92. The summed E-state index contributed by atoms with van der Waals surface area (Å²) in [4.78, 5) is 7.98. The van der Waals surface area contributed by atoms with Crippen LogP contribution in [0.5, 0.6) is 5.88 Å². The summed E-state index contributed by atoms with van der Waals surface area (Å²) in [6.07, 6.45) is 1.81. The molecule has 1 rings (SSSR count). The number of aromatic nitrogens is 1. The Morgan fingerprint density at radius 2 is 1.96 bits per heavy atom. The van der Waals surface area contributed by atoms with Crippen LogP contribution in [0.3, 0.4) is 0 Å². The molecule has 1 aromatic rings. The average molecular weight is 474 g/mol. The van der Waals surface area contributed by atoms with Gasteiger partial charge in [-0.05, 0) is 12.0 Å². The van der Waals surface area contributed by atoms with Gasteiger partial charge in [0.05, 0.1) is 0 Å². The highest BCUT2D eigenvalue weighted by atomic mass is 127. The number of halogens is 4. The van der Waals surface area contributed by atoms with E-state index >= 15 is 0 Å². The van der Waals surface area contributed by atoms with Crippen LogP contribution in [0.15, 0.2) is 23.3 Å². The number of hydrogen-bond donors (Lipinski definition) is 2. The number of nitrogens with one attached hydrogen (secondary N) is 2. The molecule has 0 bridgehead atoms. The van der Waals surface area contributed by atoms with Gasteiger partial charge < -0.3 is 15.4 Å². The molecule has 5 nitrogen and oxygen atoms in total. The highest BCUT2D eigenvalue weighted by Crippen LogP contribution is 2.16. The van der Waals surface area contributed by atoms with E-state index in [1.807, 2.05) is 0 Å². The van der Waals surface area contributed by atoms with Crippen LogP contribution >= 0.6 is 24.0 Å². The summed E-state index contributed by atoms with van der Waals surface area (Å²) < 4.78 is 40.7. The van der Waals surface area contributed by atoms with Gasteiger partial charge in [0.15, 0.2) is 12.6 Å². The van der Waals surface area contributed by atoms with Crippen LogP contribution < -0.4 is 15.4 Å². The molecule has 25 heavy (non-hydrogen) atoms. The van der Waals surface area contributed by atoms with Gasteiger partial charge in [-0.25, -0.2) is 4.98 Å². The Balaban J connectivity index is 0.00000576. The van der Waals surface area contributed by atoms with Crippen LogP contribution in [-0.2, 0) is 6.54 Å². The second kappa shape index (κ2) is 13.0. The number of aliphatic imine (C=N–C) groups is 1. The third-order valence-corrected chi connectivity index (χ3v) is 3.19. The van der Waals surface area contributed by atoms with Crippen LogP contribution in [0.25, 0.3) is 0 Å². The first-order valence-electron chi connectivity index (χ1n) is 8.03. The van der Waals surface area contributed by atoms with Gasteiger partial charge in [0.2, 0.25) is 5.88 Å². The minimum Gasteiger partial charge on any atom is -0.468 e. The zero-order valence-electron chi connectivity index (χ0n) is 14.5. The zero-order chi connectivity index (χ0) is 17.8. The number of pyridine rings is 1. The minimum absolute atomic E-state index is 0. The second-order valence-electron chi connectivity index (χ2n) is 5.32. The van der Waals surface area contributed by atoms with Gasteiger partial charge in [-0.2, -0.15) is 13.2 Å². The zero-order valence-corrected chi connectivity index (χ0v) is 16.9. The minimum atomic E-state index is -4.36. The molecule has 1 heterocycles. The predicted molar refractivity (Wildman–Crippen MR) is 104 cm³/mol. The summed E-state index contributed by atoms with van der Waals surface area (Å²) in [5.41, 5.74) is 0.822. The Hall–Kier alpha value is -1.26. The predicted octanol–water partition coefficient (Wildman–Crippen LogP) is 3.89. The molecule has 0 aliphatic heterocycles. The third-order valence-electron chi connectivity index (χ3n) is 3.19.